The van der Waals surface area contributed by atoms with E-state index in [4.69, 9.17) is 11.6 Å². The lowest BCUT2D eigenvalue weighted by molar-refractivity contribution is -0.121. The number of halogens is 1. The van der Waals surface area contributed by atoms with E-state index in [1.807, 2.05) is 61.5 Å². The Kier molecular flexibility index (Phi) is 6.92. The van der Waals surface area contributed by atoms with Crippen LogP contribution in [0.5, 0.6) is 0 Å². The Balaban J connectivity index is 1.79. The molecule has 1 N–H and O–H groups in total. The molecule has 0 fully saturated rings. The van der Waals surface area contributed by atoms with Gasteiger partial charge in [0.05, 0.1) is 17.5 Å². The summed E-state index contributed by atoms with van der Waals surface area (Å²) in [5.74, 6) is -0.399. The number of aryl methyl sites for hydroxylation is 1. The number of carbonyl (C=O) groups excluding carboxylic acids is 1. The molecule has 0 spiro atoms. The van der Waals surface area contributed by atoms with E-state index in [0.717, 1.165) is 21.0 Å². The standard InChI is InChI=1S/C23H23ClN2O3S/c1-17-8-10-19(11-9-17)23(18-6-4-3-5-7-18)25-22(27)16-26(2)30(28,29)21-14-12-20(24)13-15-21/h3-15,23H,16H2,1-2H3,(H,25,27)/t23-/m0/s1. The maximum absolute atomic E-state index is 12.8. The first kappa shape index (κ1) is 22.0. The van der Waals surface area contributed by atoms with E-state index in [0.29, 0.717) is 5.02 Å². The zero-order chi connectivity index (χ0) is 21.7. The Morgan fingerprint density at radius 2 is 1.50 bits per heavy atom. The van der Waals surface area contributed by atoms with E-state index in [1.54, 1.807) is 0 Å². The number of amides is 1. The number of benzene rings is 3. The van der Waals surface area contributed by atoms with Gasteiger partial charge in [-0.3, -0.25) is 4.79 Å². The lowest BCUT2D eigenvalue weighted by Crippen LogP contribution is -2.40. The summed E-state index contributed by atoms with van der Waals surface area (Å²) in [7, 11) is -2.43. The van der Waals surface area contributed by atoms with Crippen LogP contribution in [-0.4, -0.2) is 32.2 Å². The topological polar surface area (TPSA) is 66.5 Å². The van der Waals surface area contributed by atoms with Crippen LogP contribution in [0.1, 0.15) is 22.7 Å². The van der Waals surface area contributed by atoms with E-state index < -0.39 is 15.9 Å². The highest BCUT2D eigenvalue weighted by Crippen LogP contribution is 2.23. The molecule has 30 heavy (non-hydrogen) atoms. The zero-order valence-corrected chi connectivity index (χ0v) is 18.3. The molecule has 0 aromatic heterocycles. The van der Waals surface area contributed by atoms with Crippen LogP contribution in [0.2, 0.25) is 5.02 Å². The smallest absolute Gasteiger partial charge is 0.243 e. The monoisotopic (exact) mass is 442 g/mol. The van der Waals surface area contributed by atoms with Crippen molar-refractivity contribution < 1.29 is 13.2 Å². The molecule has 0 radical (unpaired) electrons. The van der Waals surface area contributed by atoms with Crippen molar-refractivity contribution in [3.05, 3.63) is 101 Å². The number of nitrogens with zero attached hydrogens (tertiary/aromatic N) is 1. The van der Waals surface area contributed by atoms with Crippen molar-refractivity contribution in [1.29, 1.82) is 0 Å². The SMILES string of the molecule is Cc1ccc([C@@H](NC(=O)CN(C)S(=O)(=O)c2ccc(Cl)cc2)c2ccccc2)cc1. The maximum Gasteiger partial charge on any atom is 0.243 e. The Labute approximate surface area is 182 Å². The van der Waals surface area contributed by atoms with Gasteiger partial charge in [-0.2, -0.15) is 4.31 Å². The molecule has 0 aliphatic heterocycles. The van der Waals surface area contributed by atoms with E-state index in [9.17, 15) is 13.2 Å². The highest BCUT2D eigenvalue weighted by atomic mass is 35.5. The molecule has 0 aliphatic carbocycles. The molecule has 1 amide bonds. The van der Waals surface area contributed by atoms with Crippen molar-refractivity contribution in [3.8, 4) is 0 Å². The van der Waals surface area contributed by atoms with Gasteiger partial charge in [-0.15, -0.1) is 0 Å². The fourth-order valence-corrected chi connectivity index (χ4v) is 4.30. The second kappa shape index (κ2) is 9.43. The summed E-state index contributed by atoms with van der Waals surface area (Å²) in [5.41, 5.74) is 2.95. The van der Waals surface area contributed by atoms with E-state index >= 15 is 0 Å². The Hall–Kier alpha value is -2.67. The van der Waals surface area contributed by atoms with Crippen LogP contribution in [0.4, 0.5) is 0 Å². The molecule has 0 aliphatic rings. The number of rotatable bonds is 7. The molecular weight excluding hydrogens is 420 g/mol. The van der Waals surface area contributed by atoms with Crippen molar-refractivity contribution in [2.75, 3.05) is 13.6 Å². The molecule has 3 rings (SSSR count). The van der Waals surface area contributed by atoms with Gasteiger partial charge >= 0.3 is 0 Å². The Morgan fingerprint density at radius 1 is 0.933 bits per heavy atom. The number of carbonyl (C=O) groups is 1. The molecule has 156 valence electrons. The lowest BCUT2D eigenvalue weighted by atomic mass is 9.98. The lowest BCUT2D eigenvalue weighted by Gasteiger charge is -2.22. The first-order valence-electron chi connectivity index (χ1n) is 9.40. The van der Waals surface area contributed by atoms with Crippen LogP contribution in [0.3, 0.4) is 0 Å². The number of hydrogen-bond acceptors (Lipinski definition) is 3. The van der Waals surface area contributed by atoms with Gasteiger partial charge in [-0.05, 0) is 42.3 Å². The quantitative estimate of drug-likeness (QED) is 0.597. The third kappa shape index (κ3) is 5.27. The molecular formula is C23H23ClN2O3S. The molecule has 0 saturated carbocycles. The van der Waals surface area contributed by atoms with Gasteiger partial charge in [0.2, 0.25) is 15.9 Å². The van der Waals surface area contributed by atoms with Crippen LogP contribution in [-0.2, 0) is 14.8 Å². The van der Waals surface area contributed by atoms with Crippen molar-refractivity contribution >= 4 is 27.5 Å². The zero-order valence-electron chi connectivity index (χ0n) is 16.7. The second-order valence-electron chi connectivity index (χ2n) is 7.04. The minimum atomic E-state index is -3.81. The third-order valence-electron chi connectivity index (χ3n) is 4.74. The minimum Gasteiger partial charge on any atom is -0.344 e. The molecule has 0 unspecified atom stereocenters. The maximum atomic E-state index is 12.8. The van der Waals surface area contributed by atoms with Crippen molar-refractivity contribution in [3.63, 3.8) is 0 Å². The van der Waals surface area contributed by atoms with Crippen LogP contribution in [0.25, 0.3) is 0 Å². The van der Waals surface area contributed by atoms with Gasteiger partial charge in [-0.1, -0.05) is 71.8 Å². The number of hydrogen-bond donors (Lipinski definition) is 1. The molecule has 0 heterocycles. The highest BCUT2D eigenvalue weighted by molar-refractivity contribution is 7.89. The number of nitrogens with one attached hydrogen (secondary N) is 1. The average Bonchev–Trinajstić information content (AvgIpc) is 2.73. The number of sulfonamides is 1. The summed E-state index contributed by atoms with van der Waals surface area (Å²) in [6.07, 6.45) is 0. The van der Waals surface area contributed by atoms with E-state index in [-0.39, 0.29) is 17.5 Å². The highest BCUT2D eigenvalue weighted by Gasteiger charge is 2.24. The van der Waals surface area contributed by atoms with Crippen molar-refractivity contribution in [2.24, 2.45) is 0 Å². The summed E-state index contributed by atoms with van der Waals surface area (Å²) < 4.78 is 26.5. The normalized spacial score (nSPS) is 12.5. The average molecular weight is 443 g/mol. The minimum absolute atomic E-state index is 0.0837. The first-order chi connectivity index (χ1) is 14.3. The first-order valence-corrected chi connectivity index (χ1v) is 11.2. The fourth-order valence-electron chi connectivity index (χ4n) is 3.04. The van der Waals surface area contributed by atoms with Gasteiger partial charge in [-0.25, -0.2) is 8.42 Å². The summed E-state index contributed by atoms with van der Waals surface area (Å²) in [6, 6.07) is 22.9. The largest absolute Gasteiger partial charge is 0.344 e. The van der Waals surface area contributed by atoms with Crippen LogP contribution < -0.4 is 5.32 Å². The summed E-state index contributed by atoms with van der Waals surface area (Å²) in [6.45, 7) is 1.69. The Morgan fingerprint density at radius 3 is 2.10 bits per heavy atom. The van der Waals surface area contributed by atoms with Gasteiger partial charge < -0.3 is 5.32 Å². The van der Waals surface area contributed by atoms with Gasteiger partial charge in [0.25, 0.3) is 0 Å². The van der Waals surface area contributed by atoms with Gasteiger partial charge in [0.1, 0.15) is 0 Å². The van der Waals surface area contributed by atoms with Crippen LogP contribution in [0, 0.1) is 6.92 Å². The summed E-state index contributed by atoms with van der Waals surface area (Å²) in [5, 5.41) is 3.41. The molecule has 3 aromatic rings. The Bertz CT molecular complexity index is 1100. The second-order valence-corrected chi connectivity index (χ2v) is 9.52. The molecule has 5 nitrogen and oxygen atoms in total. The molecule has 0 saturated heterocycles. The molecule has 1 atom stereocenters. The summed E-state index contributed by atoms with van der Waals surface area (Å²) >= 11 is 5.84. The predicted octanol–water partition coefficient (Wildman–Crippen LogP) is 4.17. The fraction of sp³-hybridized carbons (Fsp3) is 0.174. The predicted molar refractivity (Wildman–Crippen MR) is 119 cm³/mol. The van der Waals surface area contributed by atoms with Crippen LogP contribution >= 0.6 is 11.6 Å². The number of likely N-dealkylation sites (N-methyl/N-ethyl adjacent to an activating group) is 1. The van der Waals surface area contributed by atoms with E-state index in [2.05, 4.69) is 5.32 Å². The van der Waals surface area contributed by atoms with Crippen LogP contribution in [0.15, 0.2) is 83.8 Å². The van der Waals surface area contributed by atoms with E-state index in [1.165, 1.54) is 31.3 Å². The molecule has 0 bridgehead atoms. The molecule has 7 heteroatoms. The third-order valence-corrected chi connectivity index (χ3v) is 6.81. The molecule has 3 aromatic carbocycles. The summed E-state index contributed by atoms with van der Waals surface area (Å²) in [4.78, 5) is 12.9. The van der Waals surface area contributed by atoms with Gasteiger partial charge in [0, 0.05) is 12.1 Å². The van der Waals surface area contributed by atoms with Gasteiger partial charge in [0.15, 0.2) is 0 Å². The van der Waals surface area contributed by atoms with Crippen molar-refractivity contribution in [2.45, 2.75) is 17.9 Å². The van der Waals surface area contributed by atoms with Crippen molar-refractivity contribution in [1.82, 2.24) is 9.62 Å².